The first-order chi connectivity index (χ1) is 9.99. The lowest BCUT2D eigenvalue weighted by atomic mass is 9.99. The fraction of sp³-hybridized carbons (Fsp3) is 0.929. The smallest absolute Gasteiger partial charge is 0.335 e. The maximum Gasteiger partial charge on any atom is 0.335 e. The molecule has 1 rings (SSSR count). The van der Waals surface area contributed by atoms with Gasteiger partial charge in [0.15, 0.2) is 12.4 Å². The van der Waals surface area contributed by atoms with Crippen molar-refractivity contribution in [2.75, 3.05) is 6.61 Å². The van der Waals surface area contributed by atoms with Gasteiger partial charge in [0.1, 0.15) is 18.3 Å². The molecule has 0 aromatic carbocycles. The van der Waals surface area contributed by atoms with Crippen molar-refractivity contribution in [2.45, 2.75) is 76.2 Å². The molecule has 4 N–H and O–H groups in total. The third-order valence-electron chi connectivity index (χ3n) is 3.59. The van der Waals surface area contributed by atoms with Crippen LogP contribution in [0.25, 0.3) is 0 Å². The van der Waals surface area contributed by atoms with Gasteiger partial charge in [-0.15, -0.1) is 0 Å². The molecule has 124 valence electrons. The molecule has 7 heteroatoms. The summed E-state index contributed by atoms with van der Waals surface area (Å²) in [6.45, 7) is 2.45. The van der Waals surface area contributed by atoms with Gasteiger partial charge in [-0.25, -0.2) is 4.79 Å². The van der Waals surface area contributed by atoms with Gasteiger partial charge in [-0.1, -0.05) is 39.0 Å². The van der Waals surface area contributed by atoms with Crippen molar-refractivity contribution in [3.8, 4) is 0 Å². The van der Waals surface area contributed by atoms with Crippen LogP contribution in [0.3, 0.4) is 0 Å². The molecule has 0 amide bonds. The van der Waals surface area contributed by atoms with Gasteiger partial charge in [-0.2, -0.15) is 0 Å². The number of ether oxygens (including phenoxy) is 2. The molecule has 0 aliphatic carbocycles. The number of unbranched alkanes of at least 4 members (excludes halogenated alkanes) is 5. The van der Waals surface area contributed by atoms with Gasteiger partial charge in [-0.05, 0) is 6.42 Å². The van der Waals surface area contributed by atoms with E-state index in [-0.39, 0.29) is 0 Å². The Balaban J connectivity index is 2.31. The van der Waals surface area contributed by atoms with E-state index in [9.17, 15) is 20.1 Å². The minimum atomic E-state index is -1.67. The predicted molar refractivity (Wildman–Crippen MR) is 73.6 cm³/mol. The number of aliphatic hydroxyl groups is 3. The second-order valence-corrected chi connectivity index (χ2v) is 5.37. The van der Waals surface area contributed by atoms with Crippen LogP contribution >= 0.6 is 0 Å². The molecule has 1 saturated heterocycles. The predicted octanol–water partition coefficient (Wildman–Crippen LogP) is 0.256. The van der Waals surface area contributed by atoms with Crippen LogP contribution in [-0.2, 0) is 14.3 Å². The maximum atomic E-state index is 10.9. The number of hydrogen-bond acceptors (Lipinski definition) is 6. The average Bonchev–Trinajstić information content (AvgIpc) is 2.45. The summed E-state index contributed by atoms with van der Waals surface area (Å²) in [7, 11) is 0. The highest BCUT2D eigenvalue weighted by atomic mass is 16.7. The first-order valence-electron chi connectivity index (χ1n) is 7.53. The van der Waals surface area contributed by atoms with Crippen molar-refractivity contribution in [1.29, 1.82) is 0 Å². The van der Waals surface area contributed by atoms with Crippen molar-refractivity contribution in [2.24, 2.45) is 0 Å². The molecule has 0 saturated carbocycles. The standard InChI is InChI=1S/C14H26O7/c1-2-3-4-5-6-7-8-20-14-11(17)9(15)10(16)12(21-14)13(18)19/h9-12,14-17H,2-8H2,1H3,(H,18,19)/t9-,10-,11?,12?,14+/m0/s1. The number of carbonyl (C=O) groups is 1. The van der Waals surface area contributed by atoms with E-state index >= 15 is 0 Å². The van der Waals surface area contributed by atoms with E-state index in [2.05, 4.69) is 6.92 Å². The number of aliphatic hydroxyl groups excluding tert-OH is 3. The van der Waals surface area contributed by atoms with Crippen LogP contribution in [-0.4, -0.2) is 63.7 Å². The molecular formula is C14H26O7. The van der Waals surface area contributed by atoms with Gasteiger partial charge in [-0.3, -0.25) is 0 Å². The van der Waals surface area contributed by atoms with Crippen LogP contribution in [0.4, 0.5) is 0 Å². The fourth-order valence-corrected chi connectivity index (χ4v) is 2.27. The molecule has 0 spiro atoms. The Bertz CT molecular complexity index is 310. The molecule has 21 heavy (non-hydrogen) atoms. The van der Waals surface area contributed by atoms with Gasteiger partial charge in [0, 0.05) is 6.61 Å². The molecular weight excluding hydrogens is 280 g/mol. The molecule has 1 aliphatic heterocycles. The van der Waals surface area contributed by atoms with Gasteiger partial charge in [0.2, 0.25) is 0 Å². The van der Waals surface area contributed by atoms with E-state index in [1.165, 1.54) is 19.3 Å². The molecule has 5 atom stereocenters. The summed E-state index contributed by atoms with van der Waals surface area (Å²) in [5, 5.41) is 37.7. The van der Waals surface area contributed by atoms with Gasteiger partial charge in [0.25, 0.3) is 0 Å². The lowest BCUT2D eigenvalue weighted by molar-refractivity contribution is -0.294. The van der Waals surface area contributed by atoms with Gasteiger partial charge >= 0.3 is 5.97 Å². The second kappa shape index (κ2) is 9.32. The Morgan fingerprint density at radius 3 is 2.24 bits per heavy atom. The first kappa shape index (κ1) is 18.3. The minimum Gasteiger partial charge on any atom is -0.479 e. The Kier molecular flexibility index (Phi) is 8.13. The Morgan fingerprint density at radius 1 is 1.00 bits per heavy atom. The number of rotatable bonds is 9. The van der Waals surface area contributed by atoms with Crippen molar-refractivity contribution < 1.29 is 34.7 Å². The summed E-state index contributed by atoms with van der Waals surface area (Å²) in [5.74, 6) is -1.40. The highest BCUT2D eigenvalue weighted by Gasteiger charge is 2.47. The molecule has 0 bridgehead atoms. The Hall–Kier alpha value is -0.730. The lowest BCUT2D eigenvalue weighted by Crippen LogP contribution is -2.60. The molecule has 2 unspecified atom stereocenters. The van der Waals surface area contributed by atoms with Crippen molar-refractivity contribution in [3.05, 3.63) is 0 Å². The van der Waals surface area contributed by atoms with Crippen LogP contribution in [0.15, 0.2) is 0 Å². The zero-order valence-electron chi connectivity index (χ0n) is 12.4. The van der Waals surface area contributed by atoms with Crippen molar-refractivity contribution >= 4 is 5.97 Å². The Labute approximate surface area is 124 Å². The number of hydrogen-bond donors (Lipinski definition) is 4. The van der Waals surface area contributed by atoms with E-state index in [1.54, 1.807) is 0 Å². The molecule has 0 aromatic heterocycles. The third-order valence-corrected chi connectivity index (χ3v) is 3.59. The first-order valence-corrected chi connectivity index (χ1v) is 7.53. The van der Waals surface area contributed by atoms with Crippen LogP contribution in [0.2, 0.25) is 0 Å². The summed E-state index contributed by atoms with van der Waals surface area (Å²) >= 11 is 0. The van der Waals surface area contributed by atoms with Crippen LogP contribution in [0.1, 0.15) is 45.4 Å². The van der Waals surface area contributed by atoms with Crippen molar-refractivity contribution in [1.82, 2.24) is 0 Å². The van der Waals surface area contributed by atoms with Crippen LogP contribution in [0, 0.1) is 0 Å². The van der Waals surface area contributed by atoms with Crippen molar-refractivity contribution in [3.63, 3.8) is 0 Å². The van der Waals surface area contributed by atoms with Crippen LogP contribution in [0.5, 0.6) is 0 Å². The van der Waals surface area contributed by atoms with E-state index in [0.717, 1.165) is 19.3 Å². The molecule has 1 aliphatic rings. The summed E-state index contributed by atoms with van der Waals surface area (Å²) in [6, 6.07) is 0. The quantitative estimate of drug-likeness (QED) is 0.451. The topological polar surface area (TPSA) is 116 Å². The highest BCUT2D eigenvalue weighted by molar-refractivity contribution is 5.73. The van der Waals surface area contributed by atoms with E-state index in [0.29, 0.717) is 6.61 Å². The van der Waals surface area contributed by atoms with Gasteiger partial charge in [0.05, 0.1) is 0 Å². The maximum absolute atomic E-state index is 10.9. The monoisotopic (exact) mass is 306 g/mol. The number of aliphatic carboxylic acids is 1. The molecule has 1 fully saturated rings. The minimum absolute atomic E-state index is 0.309. The molecule has 7 nitrogen and oxygen atoms in total. The third kappa shape index (κ3) is 5.52. The number of carboxylic acid groups (broad SMARTS) is 1. The summed E-state index contributed by atoms with van der Waals surface area (Å²) in [6.07, 6.45) is -1.17. The summed E-state index contributed by atoms with van der Waals surface area (Å²) in [5.41, 5.74) is 0. The summed E-state index contributed by atoms with van der Waals surface area (Å²) < 4.78 is 10.3. The zero-order valence-corrected chi connectivity index (χ0v) is 12.4. The van der Waals surface area contributed by atoms with E-state index in [1.807, 2.05) is 0 Å². The summed E-state index contributed by atoms with van der Waals surface area (Å²) in [4.78, 5) is 10.9. The van der Waals surface area contributed by atoms with Crippen LogP contribution < -0.4 is 0 Å². The SMILES string of the molecule is CCCCCCCCO[C@@H]1OC(C(=O)O)[C@@H](O)[C@H](O)C1O. The van der Waals surface area contributed by atoms with E-state index < -0.39 is 36.7 Å². The Morgan fingerprint density at radius 2 is 1.62 bits per heavy atom. The fourth-order valence-electron chi connectivity index (χ4n) is 2.27. The molecule has 0 radical (unpaired) electrons. The normalized spacial score (nSPS) is 33.0. The number of carboxylic acids is 1. The second-order valence-electron chi connectivity index (χ2n) is 5.37. The average molecular weight is 306 g/mol. The highest BCUT2D eigenvalue weighted by Crippen LogP contribution is 2.22. The lowest BCUT2D eigenvalue weighted by Gasteiger charge is -2.38. The molecule has 0 aromatic rings. The zero-order chi connectivity index (χ0) is 15.8. The molecule has 1 heterocycles. The van der Waals surface area contributed by atoms with Gasteiger partial charge < -0.3 is 29.9 Å². The largest absolute Gasteiger partial charge is 0.479 e. The van der Waals surface area contributed by atoms with E-state index in [4.69, 9.17) is 14.6 Å².